The Kier molecular flexibility index (Phi) is 3.44. The van der Waals surface area contributed by atoms with E-state index in [1.807, 2.05) is 65.3 Å². The second-order valence-corrected chi connectivity index (χ2v) is 4.82. The zero-order chi connectivity index (χ0) is 13.9. The van der Waals surface area contributed by atoms with Gasteiger partial charge >= 0.3 is 0 Å². The summed E-state index contributed by atoms with van der Waals surface area (Å²) in [4.78, 5) is 4.52. The van der Waals surface area contributed by atoms with Crippen LogP contribution < -0.4 is 4.74 Å². The fourth-order valence-electron chi connectivity index (χ4n) is 1.95. The van der Waals surface area contributed by atoms with Gasteiger partial charge in [-0.2, -0.15) is 0 Å². The lowest BCUT2D eigenvalue weighted by Crippen LogP contribution is -1.85. The second-order valence-electron chi connectivity index (χ2n) is 4.38. The van der Waals surface area contributed by atoms with Crippen LogP contribution >= 0.6 is 11.6 Å². The summed E-state index contributed by atoms with van der Waals surface area (Å²) >= 11 is 5.86. The lowest BCUT2D eigenvalue weighted by molar-refractivity contribution is 0.414. The molecule has 3 rings (SSSR count). The maximum Gasteiger partial charge on any atom is 0.141 e. The number of hydrogen-bond acceptors (Lipinski definition) is 2. The van der Waals surface area contributed by atoms with Gasteiger partial charge in [-0.15, -0.1) is 0 Å². The Morgan fingerprint density at radius 3 is 2.70 bits per heavy atom. The summed E-state index contributed by atoms with van der Waals surface area (Å²) < 4.78 is 7.15. The second kappa shape index (κ2) is 5.39. The highest BCUT2D eigenvalue weighted by Crippen LogP contribution is 2.16. The van der Waals surface area contributed by atoms with Crippen molar-refractivity contribution in [2.75, 3.05) is 7.11 Å². The molecule has 3 aromatic rings. The van der Waals surface area contributed by atoms with Gasteiger partial charge in [0.2, 0.25) is 0 Å². The van der Waals surface area contributed by atoms with Crippen LogP contribution in [0.5, 0.6) is 5.75 Å². The van der Waals surface area contributed by atoms with Crippen molar-refractivity contribution in [1.29, 1.82) is 0 Å². The van der Waals surface area contributed by atoms with Gasteiger partial charge in [0.1, 0.15) is 11.4 Å². The van der Waals surface area contributed by atoms with Crippen LogP contribution in [0.2, 0.25) is 5.02 Å². The molecule has 2 heterocycles. The van der Waals surface area contributed by atoms with Crippen LogP contribution in [0.1, 0.15) is 11.3 Å². The van der Waals surface area contributed by atoms with Gasteiger partial charge in [-0.3, -0.25) is 0 Å². The van der Waals surface area contributed by atoms with E-state index in [0.717, 1.165) is 27.7 Å². The predicted molar refractivity (Wildman–Crippen MR) is 82.1 cm³/mol. The van der Waals surface area contributed by atoms with Crippen LogP contribution in [-0.2, 0) is 0 Å². The summed E-state index contributed by atoms with van der Waals surface area (Å²) in [5.41, 5.74) is 2.84. The number of nitrogens with zero attached hydrogens (tertiary/aromatic N) is 2. The highest BCUT2D eigenvalue weighted by Gasteiger charge is 2.00. The Bertz CT molecular complexity index is 760. The van der Waals surface area contributed by atoms with E-state index in [1.54, 1.807) is 7.11 Å². The Balaban J connectivity index is 1.88. The molecule has 0 aliphatic rings. The summed E-state index contributed by atoms with van der Waals surface area (Å²) in [6, 6.07) is 11.5. The van der Waals surface area contributed by atoms with Gasteiger partial charge < -0.3 is 9.14 Å². The summed E-state index contributed by atoms with van der Waals surface area (Å²) in [5, 5.41) is 0.738. The zero-order valence-electron chi connectivity index (χ0n) is 11.0. The zero-order valence-corrected chi connectivity index (χ0v) is 11.7. The number of halogens is 1. The fraction of sp³-hybridized carbons (Fsp3) is 0.0625. The molecule has 0 aliphatic carbocycles. The van der Waals surface area contributed by atoms with E-state index in [0.29, 0.717) is 0 Å². The van der Waals surface area contributed by atoms with E-state index in [2.05, 4.69) is 4.98 Å². The largest absolute Gasteiger partial charge is 0.497 e. The number of hydrogen-bond donors (Lipinski definition) is 0. The fourth-order valence-corrected chi connectivity index (χ4v) is 2.07. The Morgan fingerprint density at radius 2 is 1.95 bits per heavy atom. The molecule has 0 bridgehead atoms. The molecule has 100 valence electrons. The number of ether oxygens (including phenoxy) is 1. The van der Waals surface area contributed by atoms with Crippen molar-refractivity contribution >= 4 is 29.4 Å². The maximum absolute atomic E-state index is 5.86. The number of pyridine rings is 1. The van der Waals surface area contributed by atoms with Gasteiger partial charge in [-0.05, 0) is 29.8 Å². The van der Waals surface area contributed by atoms with E-state index in [-0.39, 0.29) is 0 Å². The van der Waals surface area contributed by atoms with Crippen molar-refractivity contribution in [2.45, 2.75) is 0 Å². The van der Waals surface area contributed by atoms with Gasteiger partial charge in [-0.1, -0.05) is 29.8 Å². The Morgan fingerprint density at radius 1 is 1.15 bits per heavy atom. The molecule has 0 aliphatic heterocycles. The van der Waals surface area contributed by atoms with Crippen LogP contribution in [-0.4, -0.2) is 16.5 Å². The van der Waals surface area contributed by atoms with Crippen LogP contribution in [0.25, 0.3) is 17.8 Å². The molecule has 0 N–H and O–H groups in total. The topological polar surface area (TPSA) is 26.5 Å². The quantitative estimate of drug-likeness (QED) is 0.722. The van der Waals surface area contributed by atoms with E-state index in [1.165, 1.54) is 0 Å². The summed E-state index contributed by atoms with van der Waals surface area (Å²) in [6.07, 6.45) is 7.89. The van der Waals surface area contributed by atoms with E-state index in [4.69, 9.17) is 16.3 Å². The molecular formula is C16H13ClN2O. The van der Waals surface area contributed by atoms with Crippen molar-refractivity contribution in [3.63, 3.8) is 0 Å². The summed E-state index contributed by atoms with van der Waals surface area (Å²) in [6.45, 7) is 0. The molecule has 0 saturated carbocycles. The van der Waals surface area contributed by atoms with E-state index < -0.39 is 0 Å². The maximum atomic E-state index is 5.86. The molecule has 1 aromatic carbocycles. The highest BCUT2D eigenvalue weighted by molar-refractivity contribution is 6.30. The normalized spacial score (nSPS) is 11.3. The van der Waals surface area contributed by atoms with Gasteiger partial charge in [0.25, 0.3) is 0 Å². The third kappa shape index (κ3) is 2.68. The van der Waals surface area contributed by atoms with Crippen molar-refractivity contribution in [3.05, 3.63) is 65.1 Å². The average molecular weight is 285 g/mol. The smallest absolute Gasteiger partial charge is 0.141 e. The van der Waals surface area contributed by atoms with Crippen molar-refractivity contribution in [3.8, 4) is 5.75 Å². The molecule has 20 heavy (non-hydrogen) atoms. The minimum Gasteiger partial charge on any atom is -0.497 e. The number of rotatable bonds is 3. The first-order valence-corrected chi connectivity index (χ1v) is 6.59. The Hall–Kier alpha value is -2.26. The standard InChI is InChI=1S/C16H13ClN2O/c1-20-15-8-9-19-11-14(18-16(19)10-15)7-4-12-2-5-13(17)6-3-12/h2-11H,1H3/b7-4+. The molecule has 0 spiro atoms. The first-order valence-electron chi connectivity index (χ1n) is 6.21. The molecule has 4 heteroatoms. The van der Waals surface area contributed by atoms with Gasteiger partial charge in [-0.25, -0.2) is 4.98 Å². The molecule has 0 saturated heterocycles. The Labute approximate surface area is 122 Å². The number of benzene rings is 1. The lowest BCUT2D eigenvalue weighted by Gasteiger charge is -1.98. The molecule has 0 fully saturated rings. The SMILES string of the molecule is COc1ccn2cc(/C=C/c3ccc(Cl)cc3)nc2c1. The van der Waals surface area contributed by atoms with Gasteiger partial charge in [0.15, 0.2) is 0 Å². The minimum absolute atomic E-state index is 0.738. The molecule has 0 radical (unpaired) electrons. The highest BCUT2D eigenvalue weighted by atomic mass is 35.5. The van der Waals surface area contributed by atoms with E-state index in [9.17, 15) is 0 Å². The molecule has 3 nitrogen and oxygen atoms in total. The third-order valence-electron chi connectivity index (χ3n) is 3.00. The average Bonchev–Trinajstić information content (AvgIpc) is 2.88. The first kappa shape index (κ1) is 12.8. The van der Waals surface area contributed by atoms with Gasteiger partial charge in [0, 0.05) is 23.5 Å². The van der Waals surface area contributed by atoms with Crippen molar-refractivity contribution in [2.24, 2.45) is 0 Å². The minimum atomic E-state index is 0.738. The number of fused-ring (bicyclic) bond motifs is 1. The van der Waals surface area contributed by atoms with Crippen molar-refractivity contribution in [1.82, 2.24) is 9.38 Å². The monoisotopic (exact) mass is 284 g/mol. The van der Waals surface area contributed by atoms with Gasteiger partial charge in [0.05, 0.1) is 12.8 Å². The summed E-state index contributed by atoms with van der Waals surface area (Å²) in [5.74, 6) is 0.802. The van der Waals surface area contributed by atoms with Crippen LogP contribution in [0, 0.1) is 0 Å². The summed E-state index contributed by atoms with van der Waals surface area (Å²) in [7, 11) is 1.65. The third-order valence-corrected chi connectivity index (χ3v) is 3.25. The van der Waals surface area contributed by atoms with Crippen LogP contribution in [0.3, 0.4) is 0 Å². The van der Waals surface area contributed by atoms with E-state index >= 15 is 0 Å². The molecular weight excluding hydrogens is 272 g/mol. The van der Waals surface area contributed by atoms with Crippen LogP contribution in [0.15, 0.2) is 48.8 Å². The van der Waals surface area contributed by atoms with Crippen molar-refractivity contribution < 1.29 is 4.74 Å². The molecule has 2 aromatic heterocycles. The molecule has 0 unspecified atom stereocenters. The first-order chi connectivity index (χ1) is 9.74. The number of aromatic nitrogens is 2. The predicted octanol–water partition coefficient (Wildman–Crippen LogP) is 4.17. The number of methoxy groups -OCH3 is 1. The molecule has 0 atom stereocenters. The lowest BCUT2D eigenvalue weighted by atomic mass is 10.2. The van der Waals surface area contributed by atoms with Crippen LogP contribution in [0.4, 0.5) is 0 Å². The molecule has 0 amide bonds. The number of imidazole rings is 1.